The van der Waals surface area contributed by atoms with Gasteiger partial charge >= 0.3 is 0 Å². The first-order valence-corrected chi connectivity index (χ1v) is 9.92. The van der Waals surface area contributed by atoms with Gasteiger partial charge in [0, 0.05) is 12.2 Å². The van der Waals surface area contributed by atoms with Gasteiger partial charge in [-0.1, -0.05) is 12.8 Å². The van der Waals surface area contributed by atoms with E-state index < -0.39 is 15.8 Å². The Labute approximate surface area is 147 Å². The van der Waals surface area contributed by atoms with Crippen molar-refractivity contribution in [3.05, 3.63) is 42.0 Å². The van der Waals surface area contributed by atoms with Crippen LogP contribution in [0.2, 0.25) is 0 Å². The molecule has 0 saturated heterocycles. The summed E-state index contributed by atoms with van der Waals surface area (Å²) in [6.07, 6.45) is 6.99. The molecule has 1 heterocycles. The fourth-order valence-electron chi connectivity index (χ4n) is 3.30. The third kappa shape index (κ3) is 3.91. The fourth-order valence-corrected chi connectivity index (χ4v) is 4.65. The van der Waals surface area contributed by atoms with Crippen LogP contribution in [0.3, 0.4) is 0 Å². The molecule has 1 aromatic heterocycles. The summed E-state index contributed by atoms with van der Waals surface area (Å²) < 4.78 is 43.8. The molecule has 2 aromatic rings. The predicted molar refractivity (Wildman–Crippen MR) is 93.4 cm³/mol. The fraction of sp³-hybridized carbons (Fsp3) is 0.471. The molecule has 1 saturated carbocycles. The molecule has 0 amide bonds. The maximum atomic E-state index is 14.4. The van der Waals surface area contributed by atoms with E-state index in [-0.39, 0.29) is 22.5 Å². The first kappa shape index (κ1) is 18.0. The Bertz CT molecular complexity index is 850. The standard InChI is InChI=1S/C17H23FN4O2S/c1-12-10-20-22(11-12)17-7-6-14(8-15(17)18)25(23,24)21-16-5-3-2-4-13(16)9-19/h6-8,10-11,13,16,21H,2-5,9,19H2,1H3. The summed E-state index contributed by atoms with van der Waals surface area (Å²) in [7, 11) is -3.79. The van der Waals surface area contributed by atoms with Crippen LogP contribution >= 0.6 is 0 Å². The number of nitrogens with two attached hydrogens (primary N) is 1. The lowest BCUT2D eigenvalue weighted by atomic mass is 9.85. The quantitative estimate of drug-likeness (QED) is 0.848. The van der Waals surface area contributed by atoms with Crippen LogP contribution in [0.15, 0.2) is 35.5 Å². The highest BCUT2D eigenvalue weighted by Crippen LogP contribution is 2.26. The molecule has 2 unspecified atom stereocenters. The van der Waals surface area contributed by atoms with E-state index in [0.29, 0.717) is 6.54 Å². The third-order valence-corrected chi connectivity index (χ3v) is 6.19. The molecule has 136 valence electrons. The van der Waals surface area contributed by atoms with Gasteiger partial charge in [-0.3, -0.25) is 0 Å². The van der Waals surface area contributed by atoms with E-state index in [0.717, 1.165) is 37.3 Å². The zero-order chi connectivity index (χ0) is 18.0. The Hall–Kier alpha value is -1.77. The molecule has 0 radical (unpaired) electrons. The molecule has 1 aromatic carbocycles. The summed E-state index contributed by atoms with van der Waals surface area (Å²) >= 11 is 0. The van der Waals surface area contributed by atoms with Gasteiger partial charge in [-0.25, -0.2) is 22.2 Å². The third-order valence-electron chi connectivity index (χ3n) is 4.71. The number of nitrogens with zero attached hydrogens (tertiary/aromatic N) is 2. The van der Waals surface area contributed by atoms with Gasteiger partial charge in [0.2, 0.25) is 10.0 Å². The van der Waals surface area contributed by atoms with Crippen molar-refractivity contribution in [3.8, 4) is 5.69 Å². The number of aryl methyl sites for hydroxylation is 1. The van der Waals surface area contributed by atoms with Gasteiger partial charge in [0.1, 0.15) is 11.5 Å². The van der Waals surface area contributed by atoms with Crippen LogP contribution in [0.5, 0.6) is 0 Å². The van der Waals surface area contributed by atoms with Gasteiger partial charge < -0.3 is 5.73 Å². The Balaban J connectivity index is 1.84. The van der Waals surface area contributed by atoms with E-state index in [1.165, 1.54) is 16.8 Å². The molecule has 8 heteroatoms. The molecule has 2 atom stereocenters. The minimum atomic E-state index is -3.79. The minimum Gasteiger partial charge on any atom is -0.330 e. The van der Waals surface area contributed by atoms with Crippen LogP contribution in [0.4, 0.5) is 4.39 Å². The van der Waals surface area contributed by atoms with E-state index in [1.54, 1.807) is 12.4 Å². The predicted octanol–water partition coefficient (Wildman–Crippen LogP) is 2.12. The van der Waals surface area contributed by atoms with E-state index in [4.69, 9.17) is 5.73 Å². The molecule has 0 aliphatic heterocycles. The number of nitrogens with one attached hydrogen (secondary N) is 1. The van der Waals surface area contributed by atoms with Crippen LogP contribution in [0, 0.1) is 18.7 Å². The molecule has 0 bridgehead atoms. The zero-order valence-corrected chi connectivity index (χ0v) is 15.0. The molecule has 1 aliphatic carbocycles. The number of hydrogen-bond acceptors (Lipinski definition) is 4. The summed E-state index contributed by atoms with van der Waals surface area (Å²) in [5, 5.41) is 4.05. The molecule has 25 heavy (non-hydrogen) atoms. The van der Waals surface area contributed by atoms with Crippen LogP contribution in [0.1, 0.15) is 31.2 Å². The van der Waals surface area contributed by atoms with Crippen LogP contribution in [-0.4, -0.2) is 30.8 Å². The highest BCUT2D eigenvalue weighted by Gasteiger charge is 2.29. The van der Waals surface area contributed by atoms with Crippen molar-refractivity contribution in [1.29, 1.82) is 0 Å². The van der Waals surface area contributed by atoms with Gasteiger partial charge in [0.05, 0.1) is 11.1 Å². The van der Waals surface area contributed by atoms with Crippen molar-refractivity contribution < 1.29 is 12.8 Å². The van der Waals surface area contributed by atoms with E-state index in [1.807, 2.05) is 6.92 Å². The largest absolute Gasteiger partial charge is 0.330 e. The van der Waals surface area contributed by atoms with Crippen molar-refractivity contribution in [3.63, 3.8) is 0 Å². The number of hydrogen-bond donors (Lipinski definition) is 2. The molecule has 1 fully saturated rings. The van der Waals surface area contributed by atoms with Crippen LogP contribution in [0.25, 0.3) is 5.69 Å². The Morgan fingerprint density at radius 2 is 2.12 bits per heavy atom. The number of rotatable bonds is 5. The summed E-state index contributed by atoms with van der Waals surface area (Å²) in [6, 6.07) is 3.67. The summed E-state index contributed by atoms with van der Waals surface area (Å²) in [4.78, 5) is -0.0843. The van der Waals surface area contributed by atoms with Gasteiger partial charge in [-0.15, -0.1) is 0 Å². The average molecular weight is 366 g/mol. The lowest BCUT2D eigenvalue weighted by Gasteiger charge is -2.31. The number of aromatic nitrogens is 2. The van der Waals surface area contributed by atoms with Crippen LogP contribution in [-0.2, 0) is 10.0 Å². The van der Waals surface area contributed by atoms with Gasteiger partial charge in [0.15, 0.2) is 0 Å². The van der Waals surface area contributed by atoms with Crippen molar-refractivity contribution in [2.75, 3.05) is 6.54 Å². The number of sulfonamides is 1. The SMILES string of the molecule is Cc1cnn(-c2ccc(S(=O)(=O)NC3CCCCC3CN)cc2F)c1. The Kier molecular flexibility index (Phi) is 5.21. The van der Waals surface area contributed by atoms with Gasteiger partial charge in [-0.2, -0.15) is 5.10 Å². The van der Waals surface area contributed by atoms with E-state index in [2.05, 4.69) is 9.82 Å². The highest BCUT2D eigenvalue weighted by atomic mass is 32.2. The first-order valence-electron chi connectivity index (χ1n) is 8.44. The molecular weight excluding hydrogens is 343 g/mol. The molecule has 1 aliphatic rings. The maximum absolute atomic E-state index is 14.4. The second-order valence-electron chi connectivity index (χ2n) is 6.58. The highest BCUT2D eigenvalue weighted by molar-refractivity contribution is 7.89. The number of benzene rings is 1. The second-order valence-corrected chi connectivity index (χ2v) is 8.30. The monoisotopic (exact) mass is 366 g/mol. The smallest absolute Gasteiger partial charge is 0.240 e. The average Bonchev–Trinajstić information content (AvgIpc) is 3.01. The second kappa shape index (κ2) is 7.23. The Morgan fingerprint density at radius 1 is 1.36 bits per heavy atom. The molecule has 6 nitrogen and oxygen atoms in total. The van der Waals surface area contributed by atoms with Crippen molar-refractivity contribution in [2.24, 2.45) is 11.7 Å². The molecular formula is C17H23FN4O2S. The van der Waals surface area contributed by atoms with Crippen molar-refractivity contribution >= 4 is 10.0 Å². The zero-order valence-electron chi connectivity index (χ0n) is 14.2. The van der Waals surface area contributed by atoms with Gasteiger partial charge in [0.25, 0.3) is 0 Å². The van der Waals surface area contributed by atoms with E-state index in [9.17, 15) is 12.8 Å². The lowest BCUT2D eigenvalue weighted by molar-refractivity contribution is 0.296. The van der Waals surface area contributed by atoms with Crippen molar-refractivity contribution in [2.45, 2.75) is 43.5 Å². The van der Waals surface area contributed by atoms with Crippen molar-refractivity contribution in [1.82, 2.24) is 14.5 Å². The normalized spacial score (nSPS) is 21.4. The van der Waals surface area contributed by atoms with E-state index >= 15 is 0 Å². The minimum absolute atomic E-state index is 0.0843. The summed E-state index contributed by atoms with van der Waals surface area (Å²) in [5.74, 6) is -0.510. The molecule has 3 rings (SSSR count). The van der Waals surface area contributed by atoms with Crippen LogP contribution < -0.4 is 10.5 Å². The lowest BCUT2D eigenvalue weighted by Crippen LogP contribution is -2.44. The number of halogens is 1. The summed E-state index contributed by atoms with van der Waals surface area (Å²) in [5.41, 5.74) is 6.86. The first-order chi connectivity index (χ1) is 11.9. The summed E-state index contributed by atoms with van der Waals surface area (Å²) in [6.45, 7) is 2.29. The Morgan fingerprint density at radius 3 is 2.76 bits per heavy atom. The topological polar surface area (TPSA) is 90.0 Å². The molecule has 0 spiro atoms. The van der Waals surface area contributed by atoms with Gasteiger partial charge in [-0.05, 0) is 56.0 Å². The molecule has 3 N–H and O–H groups in total. The maximum Gasteiger partial charge on any atom is 0.240 e.